The first kappa shape index (κ1) is 13.4. The van der Waals surface area contributed by atoms with E-state index < -0.39 is 12.1 Å². The number of hydrogen-bond acceptors (Lipinski definition) is 2. The van der Waals surface area contributed by atoms with Gasteiger partial charge in [0.15, 0.2) is 0 Å². The van der Waals surface area contributed by atoms with Crippen molar-refractivity contribution in [2.75, 3.05) is 0 Å². The lowest BCUT2D eigenvalue weighted by Crippen LogP contribution is -1.98. The number of carboxylic acids is 1. The highest BCUT2D eigenvalue weighted by Gasteiger charge is 1.91. The van der Waals surface area contributed by atoms with Gasteiger partial charge in [-0.15, -0.1) is 0 Å². The number of aliphatic hydroxyl groups excluding tert-OH is 1. The molecule has 0 spiro atoms. The SMILES string of the molecule is C/C=C/C(O)C/C=C/C=C/C=C\C(=O)O. The van der Waals surface area contributed by atoms with Gasteiger partial charge in [-0.2, -0.15) is 0 Å². The van der Waals surface area contributed by atoms with Gasteiger partial charge in [0.05, 0.1) is 6.10 Å². The lowest BCUT2D eigenvalue weighted by molar-refractivity contribution is -0.131. The fraction of sp³-hybridized carbons (Fsp3) is 0.250. The molecule has 0 fully saturated rings. The van der Waals surface area contributed by atoms with Gasteiger partial charge in [0, 0.05) is 6.08 Å². The molecule has 3 heteroatoms. The summed E-state index contributed by atoms with van der Waals surface area (Å²) in [5.41, 5.74) is 0. The monoisotopic (exact) mass is 208 g/mol. The molecular formula is C12H16O3. The van der Waals surface area contributed by atoms with Crippen molar-refractivity contribution in [1.29, 1.82) is 0 Å². The smallest absolute Gasteiger partial charge is 0.328 e. The molecule has 0 bridgehead atoms. The average molecular weight is 208 g/mol. The first-order chi connectivity index (χ1) is 7.16. The van der Waals surface area contributed by atoms with Crippen LogP contribution < -0.4 is 0 Å². The van der Waals surface area contributed by atoms with E-state index in [4.69, 9.17) is 5.11 Å². The van der Waals surface area contributed by atoms with Gasteiger partial charge >= 0.3 is 5.97 Å². The molecule has 0 heterocycles. The van der Waals surface area contributed by atoms with Crippen molar-refractivity contribution < 1.29 is 15.0 Å². The third-order valence-electron chi connectivity index (χ3n) is 1.50. The van der Waals surface area contributed by atoms with Crippen LogP contribution in [-0.2, 0) is 4.79 Å². The summed E-state index contributed by atoms with van der Waals surface area (Å²) in [6.45, 7) is 1.85. The van der Waals surface area contributed by atoms with Crippen LogP contribution in [0.1, 0.15) is 13.3 Å². The Morgan fingerprint density at radius 1 is 1.27 bits per heavy atom. The molecule has 0 aliphatic carbocycles. The molecule has 0 amide bonds. The molecule has 1 atom stereocenters. The van der Waals surface area contributed by atoms with Gasteiger partial charge in [0.2, 0.25) is 0 Å². The molecule has 1 unspecified atom stereocenters. The lowest BCUT2D eigenvalue weighted by atomic mass is 10.2. The fourth-order valence-corrected chi connectivity index (χ4v) is 0.863. The van der Waals surface area contributed by atoms with Crippen LogP contribution in [-0.4, -0.2) is 22.3 Å². The molecule has 0 aromatic rings. The van der Waals surface area contributed by atoms with Crippen LogP contribution in [0.2, 0.25) is 0 Å². The van der Waals surface area contributed by atoms with Gasteiger partial charge in [-0.3, -0.25) is 0 Å². The fourth-order valence-electron chi connectivity index (χ4n) is 0.863. The summed E-state index contributed by atoms with van der Waals surface area (Å²) in [4.78, 5) is 10.1. The molecule has 0 aromatic carbocycles. The maximum atomic E-state index is 10.1. The van der Waals surface area contributed by atoms with E-state index in [1.165, 1.54) is 6.08 Å². The van der Waals surface area contributed by atoms with E-state index in [0.717, 1.165) is 6.08 Å². The second-order valence-electron chi connectivity index (χ2n) is 2.84. The predicted molar refractivity (Wildman–Crippen MR) is 60.5 cm³/mol. The van der Waals surface area contributed by atoms with E-state index in [2.05, 4.69) is 0 Å². The number of hydrogen-bond donors (Lipinski definition) is 2. The molecule has 0 aliphatic rings. The molecule has 0 saturated heterocycles. The molecule has 15 heavy (non-hydrogen) atoms. The van der Waals surface area contributed by atoms with Crippen LogP contribution in [0.3, 0.4) is 0 Å². The van der Waals surface area contributed by atoms with E-state index >= 15 is 0 Å². The Morgan fingerprint density at radius 2 is 1.93 bits per heavy atom. The van der Waals surface area contributed by atoms with Crippen LogP contribution in [0.5, 0.6) is 0 Å². The Kier molecular flexibility index (Phi) is 8.00. The number of rotatable bonds is 6. The summed E-state index contributed by atoms with van der Waals surface area (Å²) in [5, 5.41) is 17.5. The standard InChI is InChI=1S/C12H16O3/c1-2-8-11(13)9-6-4-3-5-7-10-12(14)15/h2-8,10-11,13H,9H2,1H3,(H,14,15)/b5-3+,6-4+,8-2+,10-7-. The first-order valence-electron chi connectivity index (χ1n) is 4.70. The number of allylic oxidation sites excluding steroid dienone is 5. The van der Waals surface area contributed by atoms with Gasteiger partial charge < -0.3 is 10.2 Å². The van der Waals surface area contributed by atoms with Crippen LogP contribution in [0.25, 0.3) is 0 Å². The minimum atomic E-state index is -0.966. The lowest BCUT2D eigenvalue weighted by Gasteiger charge is -1.97. The first-order valence-corrected chi connectivity index (χ1v) is 4.70. The third kappa shape index (κ3) is 10.3. The van der Waals surface area contributed by atoms with Crippen molar-refractivity contribution >= 4 is 5.97 Å². The average Bonchev–Trinajstić information content (AvgIpc) is 2.16. The van der Waals surface area contributed by atoms with E-state index in [-0.39, 0.29) is 0 Å². The van der Waals surface area contributed by atoms with Gasteiger partial charge in [-0.05, 0) is 13.3 Å². The minimum Gasteiger partial charge on any atom is -0.478 e. The number of carboxylic acid groups (broad SMARTS) is 1. The van der Waals surface area contributed by atoms with Gasteiger partial charge in [-0.1, -0.05) is 42.5 Å². The summed E-state index contributed by atoms with van der Waals surface area (Å²) < 4.78 is 0. The minimum absolute atomic E-state index is 0.450. The number of carbonyl (C=O) groups is 1. The summed E-state index contributed by atoms with van der Waals surface area (Å²) in [6.07, 6.45) is 13.0. The second kappa shape index (κ2) is 8.97. The van der Waals surface area contributed by atoms with Gasteiger partial charge in [-0.25, -0.2) is 4.79 Å². The Morgan fingerprint density at radius 3 is 2.53 bits per heavy atom. The summed E-state index contributed by atoms with van der Waals surface area (Å²) in [5.74, 6) is -0.966. The Hall–Kier alpha value is -1.61. The molecule has 0 saturated carbocycles. The van der Waals surface area contributed by atoms with Crippen LogP contribution in [0.4, 0.5) is 0 Å². The van der Waals surface area contributed by atoms with Crippen molar-refractivity contribution in [3.8, 4) is 0 Å². The van der Waals surface area contributed by atoms with Crippen molar-refractivity contribution in [3.63, 3.8) is 0 Å². The zero-order valence-corrected chi connectivity index (χ0v) is 8.71. The maximum absolute atomic E-state index is 10.1. The summed E-state index contributed by atoms with van der Waals surface area (Å²) >= 11 is 0. The molecule has 3 nitrogen and oxygen atoms in total. The molecule has 0 rings (SSSR count). The molecule has 0 aromatic heterocycles. The number of aliphatic carboxylic acids is 1. The molecular weight excluding hydrogens is 192 g/mol. The number of aliphatic hydroxyl groups is 1. The highest BCUT2D eigenvalue weighted by atomic mass is 16.4. The summed E-state index contributed by atoms with van der Waals surface area (Å²) in [7, 11) is 0. The largest absolute Gasteiger partial charge is 0.478 e. The quantitative estimate of drug-likeness (QED) is 0.399. The van der Waals surface area contributed by atoms with Crippen molar-refractivity contribution in [2.45, 2.75) is 19.4 Å². The van der Waals surface area contributed by atoms with E-state index in [1.807, 2.05) is 13.0 Å². The van der Waals surface area contributed by atoms with E-state index in [9.17, 15) is 9.90 Å². The third-order valence-corrected chi connectivity index (χ3v) is 1.50. The Labute approximate surface area is 89.7 Å². The van der Waals surface area contributed by atoms with Crippen molar-refractivity contribution in [1.82, 2.24) is 0 Å². The zero-order valence-electron chi connectivity index (χ0n) is 8.71. The van der Waals surface area contributed by atoms with Gasteiger partial charge in [0.1, 0.15) is 0 Å². The highest BCUT2D eigenvalue weighted by Crippen LogP contribution is 1.95. The van der Waals surface area contributed by atoms with Crippen molar-refractivity contribution in [2.24, 2.45) is 0 Å². The van der Waals surface area contributed by atoms with E-state index in [1.54, 1.807) is 30.4 Å². The second-order valence-corrected chi connectivity index (χ2v) is 2.84. The van der Waals surface area contributed by atoms with Crippen LogP contribution in [0.15, 0.2) is 48.6 Å². The van der Waals surface area contributed by atoms with E-state index in [0.29, 0.717) is 6.42 Å². The zero-order chi connectivity index (χ0) is 11.5. The molecule has 0 radical (unpaired) electrons. The highest BCUT2D eigenvalue weighted by molar-refractivity contribution is 5.80. The topological polar surface area (TPSA) is 57.5 Å². The molecule has 2 N–H and O–H groups in total. The predicted octanol–water partition coefficient (Wildman–Crippen LogP) is 2.07. The normalized spacial score (nSPS) is 14.8. The Balaban J connectivity index is 3.75. The molecule has 82 valence electrons. The maximum Gasteiger partial charge on any atom is 0.328 e. The van der Waals surface area contributed by atoms with Crippen LogP contribution >= 0.6 is 0 Å². The molecule has 0 aliphatic heterocycles. The van der Waals surface area contributed by atoms with Gasteiger partial charge in [0.25, 0.3) is 0 Å². The Bertz CT molecular complexity index is 285. The van der Waals surface area contributed by atoms with Crippen molar-refractivity contribution in [3.05, 3.63) is 48.6 Å². The summed E-state index contributed by atoms with van der Waals surface area (Å²) in [6, 6.07) is 0. The van der Waals surface area contributed by atoms with Crippen LogP contribution in [0, 0.1) is 0 Å².